The van der Waals surface area contributed by atoms with Crippen LogP contribution in [0.4, 0.5) is 14.5 Å². The van der Waals surface area contributed by atoms with Gasteiger partial charge in [0.25, 0.3) is 6.43 Å². The van der Waals surface area contributed by atoms with Gasteiger partial charge in [-0.1, -0.05) is 26.0 Å². The predicted octanol–water partition coefficient (Wildman–Crippen LogP) is 1.66. The van der Waals surface area contributed by atoms with Crippen LogP contribution in [0, 0.1) is 5.92 Å². The van der Waals surface area contributed by atoms with E-state index in [1.165, 1.54) is 24.3 Å². The highest BCUT2D eigenvalue weighted by atomic mass is 19.3. The van der Waals surface area contributed by atoms with Crippen molar-refractivity contribution in [3.63, 3.8) is 0 Å². The zero-order valence-electron chi connectivity index (χ0n) is 11.9. The lowest BCUT2D eigenvalue weighted by atomic mass is 10.1. The number of nitrogens with two attached hydrogens (primary N) is 1. The maximum absolute atomic E-state index is 12.5. The molecule has 0 saturated carbocycles. The number of hydrogen-bond donors (Lipinski definition) is 3. The lowest BCUT2D eigenvalue weighted by molar-refractivity contribution is -0.125. The summed E-state index contributed by atoms with van der Waals surface area (Å²) < 4.78 is 25.0. The van der Waals surface area contributed by atoms with Crippen LogP contribution in [0.2, 0.25) is 0 Å². The fourth-order valence-electron chi connectivity index (χ4n) is 1.55. The third-order valence-corrected chi connectivity index (χ3v) is 2.87. The summed E-state index contributed by atoms with van der Waals surface area (Å²) in [5.74, 6) is -0.983. The zero-order valence-corrected chi connectivity index (χ0v) is 11.9. The van der Waals surface area contributed by atoms with E-state index in [0.29, 0.717) is 0 Å². The van der Waals surface area contributed by atoms with E-state index >= 15 is 0 Å². The highest BCUT2D eigenvalue weighted by molar-refractivity contribution is 5.95. The lowest BCUT2D eigenvalue weighted by Gasteiger charge is -2.15. The Morgan fingerprint density at radius 3 is 2.52 bits per heavy atom. The molecule has 0 spiro atoms. The van der Waals surface area contributed by atoms with Crippen molar-refractivity contribution in [2.75, 3.05) is 11.9 Å². The maximum Gasteiger partial charge on any atom is 0.263 e. The molecule has 0 radical (unpaired) electrons. The molecule has 0 unspecified atom stereocenters. The van der Waals surface area contributed by atoms with Gasteiger partial charge in [-0.25, -0.2) is 8.78 Å². The van der Waals surface area contributed by atoms with Crippen LogP contribution < -0.4 is 16.4 Å². The van der Waals surface area contributed by atoms with E-state index in [1.54, 1.807) is 13.8 Å². The number of hydrogen-bond acceptors (Lipinski definition) is 3. The molecule has 1 aromatic rings. The summed E-state index contributed by atoms with van der Waals surface area (Å²) in [4.78, 5) is 23.2. The van der Waals surface area contributed by atoms with Gasteiger partial charge in [0.05, 0.1) is 12.6 Å². The molecule has 1 rings (SSSR count). The number of carbonyl (C=O) groups excluding carboxylic acids is 2. The van der Waals surface area contributed by atoms with Crippen LogP contribution in [0.1, 0.15) is 25.8 Å². The second-order valence-corrected chi connectivity index (χ2v) is 4.96. The number of alkyl halides is 2. The molecule has 5 nitrogen and oxygen atoms in total. The van der Waals surface area contributed by atoms with Crippen molar-refractivity contribution in [1.82, 2.24) is 5.32 Å². The molecule has 0 fully saturated rings. The van der Waals surface area contributed by atoms with Crippen LogP contribution in [0.5, 0.6) is 0 Å². The Morgan fingerprint density at radius 1 is 1.29 bits per heavy atom. The van der Waals surface area contributed by atoms with Crippen molar-refractivity contribution in [2.24, 2.45) is 11.7 Å². The van der Waals surface area contributed by atoms with E-state index < -0.39 is 24.3 Å². The van der Waals surface area contributed by atoms with Gasteiger partial charge in [0.15, 0.2) is 0 Å². The van der Waals surface area contributed by atoms with Crippen molar-refractivity contribution in [1.29, 1.82) is 0 Å². The number of amides is 2. The van der Waals surface area contributed by atoms with Crippen molar-refractivity contribution in [2.45, 2.75) is 26.3 Å². The van der Waals surface area contributed by atoms with Crippen LogP contribution in [0.25, 0.3) is 0 Å². The van der Waals surface area contributed by atoms with Crippen LogP contribution in [0.15, 0.2) is 24.3 Å². The zero-order chi connectivity index (χ0) is 16.0. The Hall–Kier alpha value is -2.02. The lowest BCUT2D eigenvalue weighted by Crippen LogP contribution is -2.46. The van der Waals surface area contributed by atoms with Gasteiger partial charge in [-0.3, -0.25) is 9.59 Å². The number of rotatable bonds is 6. The molecule has 0 saturated heterocycles. The van der Waals surface area contributed by atoms with Crippen LogP contribution >= 0.6 is 0 Å². The second-order valence-electron chi connectivity index (χ2n) is 4.96. The van der Waals surface area contributed by atoms with Crippen molar-refractivity contribution >= 4 is 17.5 Å². The van der Waals surface area contributed by atoms with Gasteiger partial charge in [0, 0.05) is 11.3 Å². The highest BCUT2D eigenvalue weighted by Gasteiger charge is 2.17. The van der Waals surface area contributed by atoms with E-state index in [1.807, 2.05) is 0 Å². The van der Waals surface area contributed by atoms with E-state index in [9.17, 15) is 18.4 Å². The van der Waals surface area contributed by atoms with Gasteiger partial charge >= 0.3 is 0 Å². The van der Waals surface area contributed by atoms with E-state index in [2.05, 4.69) is 10.6 Å². The Morgan fingerprint density at radius 2 is 1.95 bits per heavy atom. The van der Waals surface area contributed by atoms with Gasteiger partial charge in [-0.05, 0) is 18.1 Å². The van der Waals surface area contributed by atoms with Crippen molar-refractivity contribution in [3.05, 3.63) is 29.8 Å². The summed E-state index contributed by atoms with van der Waals surface area (Å²) in [6.45, 7) is 3.32. The number of anilines is 1. The molecule has 21 heavy (non-hydrogen) atoms. The summed E-state index contributed by atoms with van der Waals surface area (Å²) in [6.07, 6.45) is -2.61. The van der Waals surface area contributed by atoms with Crippen LogP contribution in [-0.4, -0.2) is 24.4 Å². The number of halogens is 2. The van der Waals surface area contributed by atoms with Crippen molar-refractivity contribution in [3.8, 4) is 0 Å². The molecule has 0 aliphatic rings. The summed E-state index contributed by atoms with van der Waals surface area (Å²) in [7, 11) is 0. The first-order valence-electron chi connectivity index (χ1n) is 6.52. The Bertz CT molecular complexity index is 507. The largest absolute Gasteiger partial charge is 0.346 e. The minimum atomic E-state index is -2.61. The summed E-state index contributed by atoms with van der Waals surface area (Å²) in [5.41, 5.74) is 5.69. The molecule has 0 aliphatic heterocycles. The topological polar surface area (TPSA) is 84.2 Å². The van der Waals surface area contributed by atoms with E-state index in [-0.39, 0.29) is 23.7 Å². The fraction of sp³-hybridized carbons (Fsp3) is 0.429. The predicted molar refractivity (Wildman–Crippen MR) is 75.9 cm³/mol. The van der Waals surface area contributed by atoms with Crippen LogP contribution in [-0.2, 0) is 9.59 Å². The molecule has 1 aromatic carbocycles. The number of nitrogens with one attached hydrogen (secondary N) is 2. The Labute approximate surface area is 121 Å². The minimum Gasteiger partial charge on any atom is -0.346 e. The SMILES string of the molecule is CC(C)[C@H](N)C(=O)NCC(=O)Nc1cccc(C(F)F)c1. The fourth-order valence-corrected chi connectivity index (χ4v) is 1.55. The monoisotopic (exact) mass is 299 g/mol. The molecular weight excluding hydrogens is 280 g/mol. The first-order chi connectivity index (χ1) is 9.81. The summed E-state index contributed by atoms with van der Waals surface area (Å²) in [6, 6.07) is 4.67. The molecule has 7 heteroatoms. The summed E-state index contributed by atoms with van der Waals surface area (Å²) >= 11 is 0. The molecule has 0 bridgehead atoms. The van der Waals surface area contributed by atoms with Gasteiger partial charge in [-0.2, -0.15) is 0 Å². The summed E-state index contributed by atoms with van der Waals surface area (Å²) in [5, 5.41) is 4.83. The van der Waals surface area contributed by atoms with Crippen LogP contribution in [0.3, 0.4) is 0 Å². The molecule has 0 aliphatic carbocycles. The third-order valence-electron chi connectivity index (χ3n) is 2.87. The molecule has 0 heterocycles. The van der Waals surface area contributed by atoms with Gasteiger partial charge in [0.2, 0.25) is 11.8 Å². The molecule has 2 amide bonds. The Kier molecular flexibility index (Phi) is 6.23. The molecular formula is C14H19F2N3O2. The van der Waals surface area contributed by atoms with E-state index in [4.69, 9.17) is 5.73 Å². The smallest absolute Gasteiger partial charge is 0.263 e. The maximum atomic E-state index is 12.5. The normalized spacial score (nSPS) is 12.3. The molecule has 1 atom stereocenters. The molecule has 4 N–H and O–H groups in total. The minimum absolute atomic E-state index is 0.0456. The van der Waals surface area contributed by atoms with Gasteiger partial charge < -0.3 is 16.4 Å². The molecule has 0 aromatic heterocycles. The average Bonchev–Trinajstić information content (AvgIpc) is 2.44. The van der Waals surface area contributed by atoms with Gasteiger partial charge in [-0.15, -0.1) is 0 Å². The Balaban J connectivity index is 2.51. The number of benzene rings is 1. The van der Waals surface area contributed by atoms with E-state index in [0.717, 1.165) is 0 Å². The first kappa shape index (κ1) is 17.0. The highest BCUT2D eigenvalue weighted by Crippen LogP contribution is 2.21. The van der Waals surface area contributed by atoms with Crippen molar-refractivity contribution < 1.29 is 18.4 Å². The third kappa shape index (κ3) is 5.47. The first-order valence-corrected chi connectivity index (χ1v) is 6.52. The quantitative estimate of drug-likeness (QED) is 0.747. The second kappa shape index (κ2) is 7.68. The average molecular weight is 299 g/mol. The molecule has 116 valence electrons. The number of carbonyl (C=O) groups is 2. The van der Waals surface area contributed by atoms with Gasteiger partial charge in [0.1, 0.15) is 0 Å². The standard InChI is InChI=1S/C14H19F2N3O2/c1-8(2)12(17)14(21)18-7-11(20)19-10-5-3-4-9(6-10)13(15)16/h3-6,8,12-13H,7,17H2,1-2H3,(H,18,21)(H,19,20)/t12-/m0/s1.